The normalized spacial score (nSPS) is 10.3. The van der Waals surface area contributed by atoms with E-state index < -0.39 is 0 Å². The average molecular weight is 426 g/mol. The number of carbonyl (C=O) groups excluding carboxylic acids is 1. The van der Waals surface area contributed by atoms with Crippen LogP contribution in [0.1, 0.15) is 15.9 Å². The highest BCUT2D eigenvalue weighted by Crippen LogP contribution is 2.26. The molecule has 0 atom stereocenters. The van der Waals surface area contributed by atoms with Crippen LogP contribution in [0.2, 0.25) is 0 Å². The van der Waals surface area contributed by atoms with Crippen molar-refractivity contribution in [1.29, 1.82) is 0 Å². The third-order valence-electron chi connectivity index (χ3n) is 4.82. The molecule has 0 N–H and O–H groups in total. The Hall–Kier alpha value is -4.25. The Morgan fingerprint density at radius 3 is 0.969 bits per heavy atom. The molecule has 0 aliphatic carbocycles. The summed E-state index contributed by atoms with van der Waals surface area (Å²) in [5.41, 5.74) is 1.16. The summed E-state index contributed by atoms with van der Waals surface area (Å²) in [5.74, 6) is 4.13. The van der Waals surface area contributed by atoms with Crippen molar-refractivity contribution in [2.24, 2.45) is 0 Å². The number of hydrogen-bond donors (Lipinski definition) is 0. The van der Waals surface area contributed by atoms with Gasteiger partial charge in [0.2, 0.25) is 0 Å². The van der Waals surface area contributed by atoms with Crippen LogP contribution in [-0.4, -0.2) is 20.0 Å². The number of ketones is 1. The molecule has 0 saturated heterocycles. The first-order valence-electron chi connectivity index (χ1n) is 10.0. The Labute approximate surface area is 186 Å². The second-order valence-corrected chi connectivity index (χ2v) is 6.93. The van der Waals surface area contributed by atoms with Crippen molar-refractivity contribution < 1.29 is 23.7 Å². The van der Waals surface area contributed by atoms with Gasteiger partial charge in [0.05, 0.1) is 14.2 Å². The van der Waals surface area contributed by atoms with Gasteiger partial charge in [-0.2, -0.15) is 0 Å². The molecule has 0 fully saturated rings. The molecule has 0 aliphatic heterocycles. The molecule has 0 spiro atoms. The number of methoxy groups -OCH3 is 2. The van der Waals surface area contributed by atoms with Crippen LogP contribution >= 0.6 is 0 Å². The lowest BCUT2D eigenvalue weighted by Crippen LogP contribution is -2.01. The highest BCUT2D eigenvalue weighted by molar-refractivity contribution is 6.09. The zero-order valence-corrected chi connectivity index (χ0v) is 17.8. The molecule has 0 radical (unpaired) electrons. The van der Waals surface area contributed by atoms with Crippen molar-refractivity contribution in [1.82, 2.24) is 0 Å². The van der Waals surface area contributed by atoms with Gasteiger partial charge in [-0.3, -0.25) is 4.79 Å². The molecule has 5 heteroatoms. The molecule has 0 heterocycles. The fourth-order valence-corrected chi connectivity index (χ4v) is 3.08. The first-order chi connectivity index (χ1) is 15.6. The van der Waals surface area contributed by atoms with Crippen LogP contribution in [0.25, 0.3) is 0 Å². The van der Waals surface area contributed by atoms with Gasteiger partial charge in [0.15, 0.2) is 5.78 Å². The van der Waals surface area contributed by atoms with Gasteiger partial charge in [-0.15, -0.1) is 0 Å². The number of benzene rings is 4. The monoisotopic (exact) mass is 426 g/mol. The lowest BCUT2D eigenvalue weighted by molar-refractivity contribution is 0.103. The van der Waals surface area contributed by atoms with Gasteiger partial charge in [-0.1, -0.05) is 0 Å². The van der Waals surface area contributed by atoms with Gasteiger partial charge in [0.1, 0.15) is 34.5 Å². The van der Waals surface area contributed by atoms with E-state index in [4.69, 9.17) is 18.9 Å². The van der Waals surface area contributed by atoms with Gasteiger partial charge >= 0.3 is 0 Å². The Morgan fingerprint density at radius 1 is 0.438 bits per heavy atom. The second kappa shape index (κ2) is 9.71. The van der Waals surface area contributed by atoms with Crippen molar-refractivity contribution in [2.75, 3.05) is 14.2 Å². The highest BCUT2D eigenvalue weighted by atomic mass is 16.5. The number of hydrogen-bond acceptors (Lipinski definition) is 5. The smallest absolute Gasteiger partial charge is 0.193 e. The summed E-state index contributed by atoms with van der Waals surface area (Å²) in [7, 11) is 3.24. The van der Waals surface area contributed by atoms with Crippen LogP contribution in [0.4, 0.5) is 0 Å². The van der Waals surface area contributed by atoms with Crippen LogP contribution in [-0.2, 0) is 0 Å². The number of rotatable bonds is 8. The van der Waals surface area contributed by atoms with E-state index in [-0.39, 0.29) is 5.78 Å². The van der Waals surface area contributed by atoms with Crippen molar-refractivity contribution in [3.05, 3.63) is 108 Å². The summed E-state index contributed by atoms with van der Waals surface area (Å²) in [6, 6.07) is 28.7. The molecular formula is C27H22O5. The molecule has 4 rings (SSSR count). The largest absolute Gasteiger partial charge is 0.497 e. The lowest BCUT2D eigenvalue weighted by Gasteiger charge is -2.09. The van der Waals surface area contributed by atoms with Crippen LogP contribution in [0.15, 0.2) is 97.1 Å². The van der Waals surface area contributed by atoms with Gasteiger partial charge in [0, 0.05) is 11.1 Å². The van der Waals surface area contributed by atoms with E-state index in [9.17, 15) is 4.79 Å². The minimum Gasteiger partial charge on any atom is -0.497 e. The Kier molecular flexibility index (Phi) is 6.37. The first-order valence-corrected chi connectivity index (χ1v) is 10.0. The van der Waals surface area contributed by atoms with Crippen molar-refractivity contribution >= 4 is 5.78 Å². The van der Waals surface area contributed by atoms with E-state index in [1.54, 1.807) is 62.8 Å². The van der Waals surface area contributed by atoms with E-state index in [0.29, 0.717) is 34.1 Å². The minimum absolute atomic E-state index is 0.0722. The van der Waals surface area contributed by atoms with E-state index >= 15 is 0 Å². The molecule has 160 valence electrons. The third kappa shape index (κ3) is 5.08. The summed E-state index contributed by atoms with van der Waals surface area (Å²) in [6.07, 6.45) is 0. The average Bonchev–Trinajstić information content (AvgIpc) is 2.85. The molecule has 0 amide bonds. The molecular weight excluding hydrogens is 404 g/mol. The Bertz CT molecular complexity index is 1070. The van der Waals surface area contributed by atoms with Gasteiger partial charge < -0.3 is 18.9 Å². The molecule has 0 saturated carbocycles. The molecule has 0 bridgehead atoms. The SMILES string of the molecule is COc1ccc(Oc2ccc(C(=O)c3ccc(Oc4ccc(OC)cc4)cc3)cc2)cc1. The molecule has 0 aromatic heterocycles. The molecule has 5 nitrogen and oxygen atoms in total. The molecule has 4 aromatic carbocycles. The Morgan fingerprint density at radius 2 is 0.688 bits per heavy atom. The molecule has 0 unspecified atom stereocenters. The number of ether oxygens (including phenoxy) is 4. The van der Waals surface area contributed by atoms with Crippen LogP contribution in [0.5, 0.6) is 34.5 Å². The summed E-state index contributed by atoms with van der Waals surface area (Å²) in [4.78, 5) is 12.8. The quantitative estimate of drug-likeness (QED) is 0.300. The lowest BCUT2D eigenvalue weighted by atomic mass is 10.0. The van der Waals surface area contributed by atoms with Crippen molar-refractivity contribution in [3.63, 3.8) is 0 Å². The summed E-state index contributed by atoms with van der Waals surface area (Å²) < 4.78 is 21.9. The zero-order chi connectivity index (χ0) is 22.3. The molecule has 4 aromatic rings. The Balaban J connectivity index is 1.39. The second-order valence-electron chi connectivity index (χ2n) is 6.93. The summed E-state index contributed by atoms with van der Waals surface area (Å²) in [5, 5.41) is 0. The highest BCUT2D eigenvalue weighted by Gasteiger charge is 2.10. The number of carbonyl (C=O) groups is 1. The predicted molar refractivity (Wildman–Crippen MR) is 122 cm³/mol. The fourth-order valence-electron chi connectivity index (χ4n) is 3.08. The zero-order valence-electron chi connectivity index (χ0n) is 17.8. The van der Waals surface area contributed by atoms with Gasteiger partial charge in [-0.05, 0) is 97.1 Å². The standard InChI is InChI=1S/C27H22O5/c1-29-21-11-15-25(16-12-21)31-23-7-3-19(4-8-23)27(28)20-5-9-24(10-6-20)32-26-17-13-22(30-2)14-18-26/h3-18H,1-2H3. The maximum absolute atomic E-state index is 12.8. The molecule has 0 aliphatic rings. The van der Waals surface area contributed by atoms with E-state index in [2.05, 4.69) is 0 Å². The first kappa shape index (κ1) is 21.0. The van der Waals surface area contributed by atoms with Crippen LogP contribution in [0, 0.1) is 0 Å². The summed E-state index contributed by atoms with van der Waals surface area (Å²) in [6.45, 7) is 0. The predicted octanol–water partition coefficient (Wildman–Crippen LogP) is 6.52. The van der Waals surface area contributed by atoms with Gasteiger partial charge in [0.25, 0.3) is 0 Å². The maximum Gasteiger partial charge on any atom is 0.193 e. The topological polar surface area (TPSA) is 54.0 Å². The fraction of sp³-hybridized carbons (Fsp3) is 0.0741. The minimum atomic E-state index is -0.0722. The van der Waals surface area contributed by atoms with E-state index in [1.165, 1.54) is 0 Å². The third-order valence-corrected chi connectivity index (χ3v) is 4.82. The van der Waals surface area contributed by atoms with Crippen LogP contribution < -0.4 is 18.9 Å². The van der Waals surface area contributed by atoms with Crippen molar-refractivity contribution in [2.45, 2.75) is 0 Å². The van der Waals surface area contributed by atoms with Crippen LogP contribution in [0.3, 0.4) is 0 Å². The van der Waals surface area contributed by atoms with E-state index in [1.807, 2.05) is 48.5 Å². The van der Waals surface area contributed by atoms with Gasteiger partial charge in [-0.25, -0.2) is 0 Å². The summed E-state index contributed by atoms with van der Waals surface area (Å²) >= 11 is 0. The maximum atomic E-state index is 12.8. The van der Waals surface area contributed by atoms with E-state index in [0.717, 1.165) is 11.5 Å². The van der Waals surface area contributed by atoms with Crippen molar-refractivity contribution in [3.8, 4) is 34.5 Å². The molecule has 32 heavy (non-hydrogen) atoms.